The number of benzene rings is 1. The van der Waals surface area contributed by atoms with Gasteiger partial charge in [-0.2, -0.15) is 0 Å². The van der Waals surface area contributed by atoms with Gasteiger partial charge in [0.25, 0.3) is 5.92 Å². The van der Waals surface area contributed by atoms with E-state index in [1.807, 2.05) is 13.8 Å². The zero-order chi connectivity index (χ0) is 22.4. The highest BCUT2D eigenvalue weighted by atomic mass is 19.3. The van der Waals surface area contributed by atoms with Crippen LogP contribution in [0.15, 0.2) is 18.2 Å². The molecule has 3 rings (SSSR count). The van der Waals surface area contributed by atoms with E-state index in [0.29, 0.717) is 0 Å². The van der Waals surface area contributed by atoms with E-state index < -0.39 is 47.8 Å². The van der Waals surface area contributed by atoms with Crippen molar-refractivity contribution in [2.24, 2.45) is 11.8 Å². The Morgan fingerprint density at radius 3 is 2.47 bits per heavy atom. The number of rotatable bonds is 6. The van der Waals surface area contributed by atoms with Crippen molar-refractivity contribution in [2.45, 2.75) is 51.2 Å². The Labute approximate surface area is 174 Å². The normalized spacial score (nSPS) is 28.7. The van der Waals surface area contributed by atoms with Crippen LogP contribution >= 0.6 is 0 Å². The molecule has 1 amide bonds. The Bertz CT molecular complexity index is 786. The topological polar surface area (TPSA) is 79.9 Å². The monoisotopic (exact) mass is 429 g/mol. The molecule has 168 valence electrons. The summed E-state index contributed by atoms with van der Waals surface area (Å²) in [6.07, 6.45) is -0.971. The van der Waals surface area contributed by atoms with E-state index in [4.69, 9.17) is 0 Å². The fourth-order valence-corrected chi connectivity index (χ4v) is 4.25. The summed E-state index contributed by atoms with van der Waals surface area (Å²) in [5.74, 6) is -4.83. The smallest absolute Gasteiger partial charge is 0.270 e. The van der Waals surface area contributed by atoms with E-state index >= 15 is 0 Å². The third-order valence-electron chi connectivity index (χ3n) is 5.77. The van der Waals surface area contributed by atoms with E-state index in [9.17, 15) is 23.1 Å². The maximum Gasteiger partial charge on any atom is 0.270 e. The van der Waals surface area contributed by atoms with Gasteiger partial charge in [0, 0.05) is 18.1 Å². The lowest BCUT2D eigenvalue weighted by molar-refractivity contribution is -0.134. The lowest BCUT2D eigenvalue weighted by atomic mass is 9.91. The summed E-state index contributed by atoms with van der Waals surface area (Å²) in [4.78, 5) is 14.5. The molecule has 7 nitrogen and oxygen atoms in total. The minimum absolute atomic E-state index is 0.123. The van der Waals surface area contributed by atoms with Crippen LogP contribution in [0.1, 0.15) is 37.9 Å². The highest BCUT2D eigenvalue weighted by Gasteiger charge is 2.52. The summed E-state index contributed by atoms with van der Waals surface area (Å²) in [5.41, 5.74) is 3.00. The molecule has 1 aromatic carbocycles. The molecule has 2 saturated heterocycles. The average molecular weight is 429 g/mol. The first-order valence-electron chi connectivity index (χ1n) is 10.0. The Balaban J connectivity index is 2.00. The zero-order valence-electron chi connectivity index (χ0n) is 17.8. The third-order valence-corrected chi connectivity index (χ3v) is 5.77. The minimum atomic E-state index is -3.15. The van der Waals surface area contributed by atoms with E-state index in [1.165, 1.54) is 12.1 Å². The molecule has 0 aromatic heterocycles. The predicted molar refractivity (Wildman–Crippen MR) is 105 cm³/mol. The molecule has 2 aliphatic rings. The zero-order valence-corrected chi connectivity index (χ0v) is 17.8. The van der Waals surface area contributed by atoms with Gasteiger partial charge in [0.05, 0.1) is 30.8 Å². The second-order valence-electron chi connectivity index (χ2n) is 8.65. The maximum atomic E-state index is 15.0. The van der Waals surface area contributed by atoms with Crippen molar-refractivity contribution in [1.29, 1.82) is 0 Å². The molecule has 1 aromatic rings. The Morgan fingerprint density at radius 1 is 1.30 bits per heavy atom. The van der Waals surface area contributed by atoms with E-state index in [1.54, 1.807) is 24.0 Å². The Kier molecular flexibility index (Phi) is 6.45. The molecule has 0 saturated carbocycles. The number of carbonyl (C=O) groups is 1. The number of carbonyl (C=O) groups excluding carboxylic acids is 1. The summed E-state index contributed by atoms with van der Waals surface area (Å²) in [7, 11) is 3.61. The van der Waals surface area contributed by atoms with E-state index in [0.717, 1.165) is 13.0 Å². The largest absolute Gasteiger partial charge is 0.395 e. The van der Waals surface area contributed by atoms with E-state index in [2.05, 4.69) is 16.1 Å². The lowest BCUT2D eigenvalue weighted by Crippen LogP contribution is -2.68. The number of amides is 1. The number of alkyl halides is 2. The number of fused-ring (bicyclic) bond motifs is 1. The number of nitrogens with one attached hydrogen (secondary N) is 3. The number of hydrazine groups is 1. The summed E-state index contributed by atoms with van der Waals surface area (Å²) in [6.45, 7) is 4.23. The van der Waals surface area contributed by atoms with Crippen molar-refractivity contribution >= 4 is 5.91 Å². The first kappa shape index (κ1) is 23.0. The second kappa shape index (κ2) is 8.43. The summed E-state index contributed by atoms with van der Waals surface area (Å²) in [5, 5.41) is 17.7. The van der Waals surface area contributed by atoms with Crippen molar-refractivity contribution in [2.75, 3.05) is 20.7 Å². The first-order chi connectivity index (χ1) is 14.0. The van der Waals surface area contributed by atoms with Crippen LogP contribution in [0.3, 0.4) is 0 Å². The Hall–Kier alpha value is -1.72. The van der Waals surface area contributed by atoms with Gasteiger partial charge < -0.3 is 10.4 Å². The van der Waals surface area contributed by atoms with Crippen LogP contribution in [0.25, 0.3) is 0 Å². The van der Waals surface area contributed by atoms with Crippen LogP contribution in [0.4, 0.5) is 13.2 Å². The van der Waals surface area contributed by atoms with Crippen LogP contribution in [0.5, 0.6) is 0 Å². The predicted octanol–water partition coefficient (Wildman–Crippen LogP) is 1.32. The van der Waals surface area contributed by atoms with Crippen LogP contribution in [-0.2, 0) is 10.7 Å². The number of hydrogen-bond acceptors (Lipinski definition) is 6. The fraction of sp³-hybridized carbons (Fsp3) is 0.650. The van der Waals surface area contributed by atoms with Gasteiger partial charge in [0.2, 0.25) is 5.91 Å². The van der Waals surface area contributed by atoms with Gasteiger partial charge in [-0.25, -0.2) is 23.6 Å². The van der Waals surface area contributed by atoms with Crippen molar-refractivity contribution in [3.8, 4) is 0 Å². The third kappa shape index (κ3) is 4.19. The van der Waals surface area contributed by atoms with Crippen molar-refractivity contribution in [1.82, 2.24) is 26.0 Å². The SMILES string of the molecule is CC(C)C(c1ccc(C(C)(F)F)cc1F)N1NC(CO)C2C(=O)NC(N(C)C)NC21. The summed E-state index contributed by atoms with van der Waals surface area (Å²) in [6, 6.07) is 2.35. The van der Waals surface area contributed by atoms with Gasteiger partial charge in [-0.05, 0) is 26.1 Å². The number of aliphatic hydroxyl groups excluding tert-OH is 1. The number of halogens is 3. The molecule has 0 aliphatic carbocycles. The molecule has 30 heavy (non-hydrogen) atoms. The maximum absolute atomic E-state index is 15.0. The molecular formula is C20H30F3N5O2. The average Bonchev–Trinajstić information content (AvgIpc) is 3.01. The molecule has 2 heterocycles. The quantitative estimate of drug-likeness (QED) is 0.547. The first-order valence-corrected chi connectivity index (χ1v) is 10.0. The highest BCUT2D eigenvalue weighted by Crippen LogP contribution is 2.38. The van der Waals surface area contributed by atoms with Crippen molar-refractivity contribution < 1.29 is 23.1 Å². The molecule has 0 spiro atoms. The Morgan fingerprint density at radius 2 is 1.97 bits per heavy atom. The van der Waals surface area contributed by atoms with Crippen LogP contribution in [0.2, 0.25) is 0 Å². The molecule has 2 fully saturated rings. The van der Waals surface area contributed by atoms with Crippen LogP contribution in [-0.4, -0.2) is 60.1 Å². The lowest BCUT2D eigenvalue weighted by Gasteiger charge is -2.42. The number of nitrogens with zero attached hydrogens (tertiary/aromatic N) is 2. The molecule has 0 radical (unpaired) electrons. The molecule has 2 aliphatic heterocycles. The van der Waals surface area contributed by atoms with Crippen LogP contribution in [0, 0.1) is 17.7 Å². The van der Waals surface area contributed by atoms with Gasteiger partial charge in [0.15, 0.2) is 0 Å². The fourth-order valence-electron chi connectivity index (χ4n) is 4.25. The highest BCUT2D eigenvalue weighted by molar-refractivity contribution is 5.81. The van der Waals surface area contributed by atoms with Gasteiger partial charge in [-0.1, -0.05) is 26.0 Å². The van der Waals surface area contributed by atoms with Gasteiger partial charge in [0.1, 0.15) is 12.1 Å². The molecule has 10 heteroatoms. The standard InChI is InChI=1S/C20H30F3N5O2/c1-10(2)16(12-7-6-11(8-13(12)21)20(3,22)23)28-17-15(14(9-29)26-28)18(30)25-19(24-17)27(4)5/h6-8,10,14-17,19,24,26,29H,9H2,1-5H3,(H,25,30). The number of hydrogen-bond donors (Lipinski definition) is 4. The molecule has 4 N–H and O–H groups in total. The van der Waals surface area contributed by atoms with Gasteiger partial charge in [-0.15, -0.1) is 0 Å². The van der Waals surface area contributed by atoms with Crippen LogP contribution < -0.4 is 16.1 Å². The van der Waals surface area contributed by atoms with Gasteiger partial charge >= 0.3 is 0 Å². The molecule has 5 unspecified atom stereocenters. The minimum Gasteiger partial charge on any atom is -0.395 e. The summed E-state index contributed by atoms with van der Waals surface area (Å²) >= 11 is 0. The van der Waals surface area contributed by atoms with Crippen molar-refractivity contribution in [3.05, 3.63) is 35.1 Å². The molecular weight excluding hydrogens is 399 g/mol. The number of aliphatic hydroxyl groups is 1. The summed E-state index contributed by atoms with van der Waals surface area (Å²) < 4.78 is 42.2. The van der Waals surface area contributed by atoms with Gasteiger partial charge in [-0.3, -0.25) is 15.0 Å². The van der Waals surface area contributed by atoms with Crippen molar-refractivity contribution in [3.63, 3.8) is 0 Å². The molecule has 0 bridgehead atoms. The van der Waals surface area contributed by atoms with E-state index in [-0.39, 0.29) is 24.0 Å². The molecule has 5 atom stereocenters. The second-order valence-corrected chi connectivity index (χ2v) is 8.65.